The largest absolute Gasteiger partial charge is 0.349 e. The van der Waals surface area contributed by atoms with Crippen LogP contribution in [-0.2, 0) is 0 Å². The highest BCUT2D eigenvalue weighted by molar-refractivity contribution is 6.17. The Labute approximate surface area is 216 Å². The van der Waals surface area contributed by atoms with Gasteiger partial charge in [-0.05, 0) is 106 Å². The minimum Gasteiger partial charge on any atom is -0.349 e. The van der Waals surface area contributed by atoms with E-state index in [2.05, 4.69) is 38.6 Å². The van der Waals surface area contributed by atoms with Gasteiger partial charge in [-0.15, -0.1) is 0 Å². The van der Waals surface area contributed by atoms with Crippen molar-refractivity contribution >= 4 is 33.8 Å². The van der Waals surface area contributed by atoms with Crippen LogP contribution in [0.5, 0.6) is 0 Å². The first kappa shape index (κ1) is 23.7. The number of hydrogen-bond acceptors (Lipinski definition) is 4. The summed E-state index contributed by atoms with van der Waals surface area (Å²) >= 11 is 0. The van der Waals surface area contributed by atoms with Crippen molar-refractivity contribution in [2.24, 2.45) is 0 Å². The molecule has 2 aromatic heterocycles. The maximum Gasteiger partial charge on any atom is 0.251 e. The average molecular weight is 496 g/mol. The van der Waals surface area contributed by atoms with Crippen LogP contribution in [0.1, 0.15) is 57.5 Å². The van der Waals surface area contributed by atoms with Crippen molar-refractivity contribution in [2.75, 3.05) is 20.1 Å². The van der Waals surface area contributed by atoms with E-state index in [0.29, 0.717) is 17.2 Å². The van der Waals surface area contributed by atoms with E-state index in [9.17, 15) is 9.59 Å². The SMILES string of the molecule is Cc1cnc2[nH]c3c(C)c(C(=O)NC4CCN(C)CC4)cc(-c4cccc(C(=O)NC5CC5)c4)c3c2c1. The lowest BCUT2D eigenvalue weighted by atomic mass is 9.92. The van der Waals surface area contributed by atoms with Crippen LogP contribution < -0.4 is 10.6 Å². The highest BCUT2D eigenvalue weighted by Gasteiger charge is 2.25. The van der Waals surface area contributed by atoms with Gasteiger partial charge in [0.25, 0.3) is 11.8 Å². The molecular formula is C30H33N5O2. The third-order valence-electron chi connectivity index (χ3n) is 7.77. The molecule has 0 spiro atoms. The lowest BCUT2D eigenvalue weighted by molar-refractivity contribution is 0.0914. The van der Waals surface area contributed by atoms with Gasteiger partial charge in [0, 0.05) is 40.2 Å². The molecule has 2 aliphatic rings. The predicted molar refractivity (Wildman–Crippen MR) is 147 cm³/mol. The second kappa shape index (κ2) is 9.30. The summed E-state index contributed by atoms with van der Waals surface area (Å²) in [6.45, 7) is 6.00. The number of carbonyl (C=O) groups is 2. The molecule has 190 valence electrons. The normalized spacial score (nSPS) is 16.8. The van der Waals surface area contributed by atoms with Gasteiger partial charge in [0.2, 0.25) is 0 Å². The number of aryl methyl sites for hydroxylation is 2. The van der Waals surface area contributed by atoms with Crippen LogP contribution in [0.2, 0.25) is 0 Å². The van der Waals surface area contributed by atoms with E-state index in [0.717, 1.165) is 83.0 Å². The Morgan fingerprint density at radius 1 is 0.973 bits per heavy atom. The first-order chi connectivity index (χ1) is 17.9. The summed E-state index contributed by atoms with van der Waals surface area (Å²) in [7, 11) is 2.12. The standard InChI is InChI=1S/C30H33N5O2/c1-17-13-25-26-24(19-5-4-6-20(14-19)29(36)32-21-7-8-21)15-23(18(2)27(26)34-28(25)31-16-17)30(37)33-22-9-11-35(3)12-10-22/h4-6,13-16,21-22H,7-12H2,1-3H3,(H,31,34)(H,32,36)(H,33,37). The van der Waals surface area contributed by atoms with Gasteiger partial charge in [0.1, 0.15) is 5.65 Å². The van der Waals surface area contributed by atoms with Crippen LogP contribution in [0.4, 0.5) is 0 Å². The molecule has 2 amide bonds. The van der Waals surface area contributed by atoms with E-state index in [1.54, 1.807) is 0 Å². The van der Waals surface area contributed by atoms with Gasteiger partial charge in [0.05, 0.1) is 5.52 Å². The average Bonchev–Trinajstić information content (AvgIpc) is 3.63. The molecule has 3 N–H and O–H groups in total. The molecule has 3 heterocycles. The topological polar surface area (TPSA) is 90.1 Å². The molecule has 37 heavy (non-hydrogen) atoms. The Balaban J connectivity index is 1.48. The molecular weight excluding hydrogens is 462 g/mol. The molecule has 7 nitrogen and oxygen atoms in total. The summed E-state index contributed by atoms with van der Waals surface area (Å²) in [5.74, 6) is -0.106. The van der Waals surface area contributed by atoms with Gasteiger partial charge < -0.3 is 20.5 Å². The van der Waals surface area contributed by atoms with Crippen molar-refractivity contribution in [3.8, 4) is 11.1 Å². The third kappa shape index (κ3) is 4.60. The van der Waals surface area contributed by atoms with Crippen molar-refractivity contribution in [1.29, 1.82) is 0 Å². The molecule has 1 saturated carbocycles. The minimum absolute atomic E-state index is 0.0515. The molecule has 1 aliphatic heterocycles. The number of aromatic nitrogens is 2. The highest BCUT2D eigenvalue weighted by Crippen LogP contribution is 2.38. The van der Waals surface area contributed by atoms with Gasteiger partial charge in [-0.1, -0.05) is 12.1 Å². The Hall–Kier alpha value is -3.71. The fourth-order valence-electron chi connectivity index (χ4n) is 5.40. The molecule has 7 heteroatoms. The molecule has 2 fully saturated rings. The van der Waals surface area contributed by atoms with Gasteiger partial charge >= 0.3 is 0 Å². The summed E-state index contributed by atoms with van der Waals surface area (Å²) in [5.41, 5.74) is 6.79. The fourth-order valence-corrected chi connectivity index (χ4v) is 5.40. The number of benzene rings is 2. The number of carbonyl (C=O) groups excluding carboxylic acids is 2. The molecule has 1 aliphatic carbocycles. The lowest BCUT2D eigenvalue weighted by Crippen LogP contribution is -2.43. The summed E-state index contributed by atoms with van der Waals surface area (Å²) < 4.78 is 0. The number of piperidine rings is 1. The summed E-state index contributed by atoms with van der Waals surface area (Å²) in [5, 5.41) is 8.41. The molecule has 0 radical (unpaired) electrons. The lowest BCUT2D eigenvalue weighted by Gasteiger charge is -2.29. The molecule has 0 atom stereocenters. The Bertz CT molecular complexity index is 1530. The van der Waals surface area contributed by atoms with Gasteiger partial charge in [-0.25, -0.2) is 4.98 Å². The number of fused-ring (bicyclic) bond motifs is 3. The fraction of sp³-hybridized carbons (Fsp3) is 0.367. The number of rotatable bonds is 5. The van der Waals surface area contributed by atoms with Crippen LogP contribution >= 0.6 is 0 Å². The maximum absolute atomic E-state index is 13.6. The number of pyridine rings is 1. The third-order valence-corrected chi connectivity index (χ3v) is 7.77. The number of nitrogens with one attached hydrogen (secondary N) is 3. The molecule has 0 bridgehead atoms. The number of nitrogens with zero attached hydrogens (tertiary/aromatic N) is 2. The number of hydrogen-bond donors (Lipinski definition) is 3. The molecule has 6 rings (SSSR count). The minimum atomic E-state index is -0.0550. The molecule has 4 aromatic rings. The van der Waals surface area contributed by atoms with Crippen LogP contribution in [0, 0.1) is 13.8 Å². The molecule has 2 aromatic carbocycles. The van der Waals surface area contributed by atoms with Crippen molar-refractivity contribution in [1.82, 2.24) is 25.5 Å². The van der Waals surface area contributed by atoms with Gasteiger partial charge in [-0.3, -0.25) is 9.59 Å². The number of amides is 2. The molecule has 1 saturated heterocycles. The zero-order chi connectivity index (χ0) is 25.7. The maximum atomic E-state index is 13.6. The monoisotopic (exact) mass is 495 g/mol. The van der Waals surface area contributed by atoms with Crippen molar-refractivity contribution in [3.63, 3.8) is 0 Å². The Kier molecular flexibility index (Phi) is 5.95. The predicted octanol–water partition coefficient (Wildman–Crippen LogP) is 4.72. The Morgan fingerprint density at radius 3 is 2.46 bits per heavy atom. The first-order valence-electron chi connectivity index (χ1n) is 13.2. The summed E-state index contributed by atoms with van der Waals surface area (Å²) in [6, 6.07) is 12.3. The second-order valence-corrected chi connectivity index (χ2v) is 10.8. The smallest absolute Gasteiger partial charge is 0.251 e. The summed E-state index contributed by atoms with van der Waals surface area (Å²) in [6.07, 6.45) is 5.83. The van der Waals surface area contributed by atoms with Crippen molar-refractivity contribution < 1.29 is 9.59 Å². The van der Waals surface area contributed by atoms with Crippen molar-refractivity contribution in [3.05, 3.63) is 64.8 Å². The van der Waals surface area contributed by atoms with Crippen LogP contribution in [0.3, 0.4) is 0 Å². The van der Waals surface area contributed by atoms with E-state index in [4.69, 9.17) is 0 Å². The quantitative estimate of drug-likeness (QED) is 0.374. The van der Waals surface area contributed by atoms with E-state index in [-0.39, 0.29) is 17.9 Å². The van der Waals surface area contributed by atoms with E-state index in [1.807, 2.05) is 50.4 Å². The van der Waals surface area contributed by atoms with Crippen LogP contribution in [0.15, 0.2) is 42.6 Å². The van der Waals surface area contributed by atoms with E-state index >= 15 is 0 Å². The Morgan fingerprint density at radius 2 is 1.70 bits per heavy atom. The summed E-state index contributed by atoms with van der Waals surface area (Å²) in [4.78, 5) is 36.8. The zero-order valence-corrected chi connectivity index (χ0v) is 21.6. The van der Waals surface area contributed by atoms with Crippen molar-refractivity contribution in [2.45, 2.75) is 51.6 Å². The highest BCUT2D eigenvalue weighted by atomic mass is 16.2. The van der Waals surface area contributed by atoms with Crippen LogP contribution in [0.25, 0.3) is 33.1 Å². The van der Waals surface area contributed by atoms with Gasteiger partial charge in [0.15, 0.2) is 0 Å². The number of likely N-dealkylation sites (tertiary alicyclic amines) is 1. The second-order valence-electron chi connectivity index (χ2n) is 10.8. The van der Waals surface area contributed by atoms with E-state index in [1.165, 1.54) is 0 Å². The van der Waals surface area contributed by atoms with Gasteiger partial charge in [-0.2, -0.15) is 0 Å². The molecule has 0 unspecified atom stereocenters. The number of H-pyrrole nitrogens is 1. The first-order valence-corrected chi connectivity index (χ1v) is 13.2. The zero-order valence-electron chi connectivity index (χ0n) is 21.6. The van der Waals surface area contributed by atoms with E-state index < -0.39 is 0 Å². The van der Waals surface area contributed by atoms with Crippen LogP contribution in [-0.4, -0.2) is 58.9 Å². The number of aromatic amines is 1.